The van der Waals surface area contributed by atoms with Crippen molar-refractivity contribution < 1.29 is 34.0 Å². The average molecular weight is 320 g/mol. The molecule has 0 aromatic carbocycles. The SMILES string of the molecule is CCC(CO)OC(COC(=O)CCCC(=O)O)OC(C)(C)C. The molecule has 0 spiro atoms. The molecule has 22 heavy (non-hydrogen) atoms. The van der Waals surface area contributed by atoms with E-state index >= 15 is 0 Å². The van der Waals surface area contributed by atoms with Crippen molar-refractivity contribution in [3.8, 4) is 0 Å². The third-order valence-corrected chi connectivity index (χ3v) is 2.64. The number of carboxylic acid groups (broad SMARTS) is 1. The van der Waals surface area contributed by atoms with Crippen LogP contribution in [0.3, 0.4) is 0 Å². The number of rotatable bonds is 11. The molecule has 0 fully saturated rings. The van der Waals surface area contributed by atoms with Gasteiger partial charge in [-0.05, 0) is 33.6 Å². The van der Waals surface area contributed by atoms with Gasteiger partial charge in [0.05, 0.1) is 18.3 Å². The Morgan fingerprint density at radius 1 is 1.18 bits per heavy atom. The molecule has 0 saturated heterocycles. The van der Waals surface area contributed by atoms with Crippen LogP contribution in [-0.2, 0) is 23.8 Å². The molecule has 2 N–H and O–H groups in total. The van der Waals surface area contributed by atoms with Crippen LogP contribution in [0.2, 0.25) is 0 Å². The first-order chi connectivity index (χ1) is 10.2. The van der Waals surface area contributed by atoms with Crippen molar-refractivity contribution in [3.63, 3.8) is 0 Å². The Labute approximate surface area is 131 Å². The van der Waals surface area contributed by atoms with E-state index in [9.17, 15) is 14.7 Å². The number of ether oxygens (including phenoxy) is 3. The summed E-state index contributed by atoms with van der Waals surface area (Å²) in [5.74, 6) is -1.44. The average Bonchev–Trinajstić information content (AvgIpc) is 2.39. The molecule has 0 radical (unpaired) electrons. The van der Waals surface area contributed by atoms with Gasteiger partial charge in [-0.25, -0.2) is 0 Å². The van der Waals surface area contributed by atoms with Gasteiger partial charge in [-0.1, -0.05) is 6.92 Å². The highest BCUT2D eigenvalue weighted by molar-refractivity contribution is 5.71. The summed E-state index contributed by atoms with van der Waals surface area (Å²) in [6, 6.07) is 0. The van der Waals surface area contributed by atoms with Crippen LogP contribution in [-0.4, -0.2) is 53.4 Å². The second-order valence-electron chi connectivity index (χ2n) is 5.94. The molecule has 0 aliphatic carbocycles. The van der Waals surface area contributed by atoms with E-state index in [4.69, 9.17) is 19.3 Å². The zero-order chi connectivity index (χ0) is 17.2. The molecule has 7 nitrogen and oxygen atoms in total. The van der Waals surface area contributed by atoms with Gasteiger partial charge in [0, 0.05) is 12.8 Å². The summed E-state index contributed by atoms with van der Waals surface area (Å²) >= 11 is 0. The summed E-state index contributed by atoms with van der Waals surface area (Å²) in [6.45, 7) is 7.16. The molecular formula is C15H28O7. The second-order valence-corrected chi connectivity index (χ2v) is 5.94. The van der Waals surface area contributed by atoms with Crippen LogP contribution in [0.15, 0.2) is 0 Å². The van der Waals surface area contributed by atoms with Gasteiger partial charge in [-0.2, -0.15) is 0 Å². The molecule has 7 heteroatoms. The van der Waals surface area contributed by atoms with E-state index in [0.29, 0.717) is 6.42 Å². The number of aliphatic hydroxyl groups is 1. The molecule has 0 heterocycles. The first kappa shape index (κ1) is 20.8. The van der Waals surface area contributed by atoms with Crippen LogP contribution in [0.4, 0.5) is 0 Å². The van der Waals surface area contributed by atoms with Crippen molar-refractivity contribution in [2.24, 2.45) is 0 Å². The number of hydrogen-bond donors (Lipinski definition) is 2. The zero-order valence-corrected chi connectivity index (χ0v) is 13.8. The minimum Gasteiger partial charge on any atom is -0.481 e. The molecular weight excluding hydrogens is 292 g/mol. The molecule has 0 aliphatic rings. The molecule has 0 saturated carbocycles. The van der Waals surface area contributed by atoms with Crippen molar-refractivity contribution in [2.75, 3.05) is 13.2 Å². The fourth-order valence-electron chi connectivity index (χ4n) is 1.60. The molecule has 2 unspecified atom stereocenters. The van der Waals surface area contributed by atoms with E-state index in [-0.39, 0.29) is 32.5 Å². The highest BCUT2D eigenvalue weighted by Gasteiger charge is 2.23. The summed E-state index contributed by atoms with van der Waals surface area (Å²) in [6.07, 6.45) is -0.374. The van der Waals surface area contributed by atoms with E-state index in [1.54, 1.807) is 0 Å². The maximum absolute atomic E-state index is 11.5. The smallest absolute Gasteiger partial charge is 0.305 e. The number of aliphatic hydroxyl groups excluding tert-OH is 1. The van der Waals surface area contributed by atoms with Gasteiger partial charge < -0.3 is 24.4 Å². The quantitative estimate of drug-likeness (QED) is 0.441. The maximum atomic E-state index is 11.5. The zero-order valence-electron chi connectivity index (χ0n) is 13.8. The van der Waals surface area contributed by atoms with Crippen LogP contribution in [0.25, 0.3) is 0 Å². The monoisotopic (exact) mass is 320 g/mol. The maximum Gasteiger partial charge on any atom is 0.305 e. The lowest BCUT2D eigenvalue weighted by molar-refractivity contribution is -0.238. The largest absolute Gasteiger partial charge is 0.481 e. The van der Waals surface area contributed by atoms with Gasteiger partial charge >= 0.3 is 11.9 Å². The molecule has 130 valence electrons. The number of esters is 1. The Morgan fingerprint density at radius 3 is 2.27 bits per heavy atom. The van der Waals surface area contributed by atoms with Crippen molar-refractivity contribution in [2.45, 2.75) is 71.4 Å². The van der Waals surface area contributed by atoms with Gasteiger partial charge in [-0.3, -0.25) is 9.59 Å². The Hall–Kier alpha value is -1.18. The normalized spacial score (nSPS) is 14.4. The van der Waals surface area contributed by atoms with Crippen molar-refractivity contribution in [3.05, 3.63) is 0 Å². The van der Waals surface area contributed by atoms with Crippen LogP contribution >= 0.6 is 0 Å². The van der Waals surface area contributed by atoms with Gasteiger partial charge in [0.2, 0.25) is 0 Å². The predicted molar refractivity (Wildman–Crippen MR) is 79.3 cm³/mol. The lowest BCUT2D eigenvalue weighted by Gasteiger charge is -2.29. The standard InChI is InChI=1S/C15H28O7/c1-5-11(9-16)21-14(22-15(2,3)4)10-20-13(19)8-6-7-12(17)18/h11,14,16H,5-10H2,1-4H3,(H,17,18). The number of carboxylic acids is 1. The van der Waals surface area contributed by atoms with E-state index in [1.165, 1.54) is 0 Å². The minimum atomic E-state index is -0.946. The molecule has 0 amide bonds. The number of hydrogen-bond acceptors (Lipinski definition) is 6. The van der Waals surface area contributed by atoms with E-state index < -0.39 is 29.9 Å². The van der Waals surface area contributed by atoms with Gasteiger partial charge in [0.25, 0.3) is 0 Å². The molecule has 0 aromatic rings. The highest BCUT2D eigenvalue weighted by Crippen LogP contribution is 2.15. The molecule has 0 rings (SSSR count). The highest BCUT2D eigenvalue weighted by atomic mass is 16.7. The Morgan fingerprint density at radius 2 is 1.82 bits per heavy atom. The van der Waals surface area contributed by atoms with Crippen LogP contribution in [0.1, 0.15) is 53.4 Å². The Balaban J connectivity index is 4.32. The summed E-state index contributed by atoms with van der Waals surface area (Å²) in [7, 11) is 0. The van der Waals surface area contributed by atoms with Crippen molar-refractivity contribution in [1.82, 2.24) is 0 Å². The van der Waals surface area contributed by atoms with Gasteiger partial charge in [0.1, 0.15) is 6.61 Å². The van der Waals surface area contributed by atoms with Crippen LogP contribution in [0.5, 0.6) is 0 Å². The Bertz CT molecular complexity index is 331. The molecule has 2 atom stereocenters. The summed E-state index contributed by atoms with van der Waals surface area (Å²) < 4.78 is 16.3. The fourth-order valence-corrected chi connectivity index (χ4v) is 1.60. The minimum absolute atomic E-state index is 0.0335. The van der Waals surface area contributed by atoms with Gasteiger partial charge in [-0.15, -0.1) is 0 Å². The first-order valence-electron chi connectivity index (χ1n) is 7.49. The molecule has 0 aromatic heterocycles. The fraction of sp³-hybridized carbons (Fsp3) is 0.867. The van der Waals surface area contributed by atoms with Crippen molar-refractivity contribution in [1.29, 1.82) is 0 Å². The van der Waals surface area contributed by atoms with Crippen molar-refractivity contribution >= 4 is 11.9 Å². The third-order valence-electron chi connectivity index (χ3n) is 2.64. The summed E-state index contributed by atoms with van der Waals surface area (Å²) in [4.78, 5) is 21.9. The van der Waals surface area contributed by atoms with E-state index in [1.807, 2.05) is 27.7 Å². The lowest BCUT2D eigenvalue weighted by atomic mass is 10.2. The summed E-state index contributed by atoms with van der Waals surface area (Å²) in [5.41, 5.74) is -0.492. The summed E-state index contributed by atoms with van der Waals surface area (Å²) in [5, 5.41) is 17.7. The second kappa shape index (κ2) is 10.5. The third kappa shape index (κ3) is 11.5. The van der Waals surface area contributed by atoms with E-state index in [0.717, 1.165) is 0 Å². The van der Waals surface area contributed by atoms with E-state index in [2.05, 4.69) is 0 Å². The molecule has 0 aliphatic heterocycles. The Kier molecular flexibility index (Phi) is 9.97. The number of aliphatic carboxylic acids is 1. The lowest BCUT2D eigenvalue weighted by Crippen LogP contribution is -2.37. The first-order valence-corrected chi connectivity index (χ1v) is 7.49. The predicted octanol–water partition coefficient (Wildman–Crippen LogP) is 1.71. The molecule has 0 bridgehead atoms. The number of carbonyl (C=O) groups is 2. The van der Waals surface area contributed by atoms with Crippen LogP contribution < -0.4 is 0 Å². The van der Waals surface area contributed by atoms with Gasteiger partial charge in [0.15, 0.2) is 6.29 Å². The topological polar surface area (TPSA) is 102 Å². The number of carbonyl (C=O) groups excluding carboxylic acids is 1. The van der Waals surface area contributed by atoms with Crippen LogP contribution in [0, 0.1) is 0 Å².